The fourth-order valence-electron chi connectivity index (χ4n) is 4.28. The molecule has 2 aromatic carbocycles. The summed E-state index contributed by atoms with van der Waals surface area (Å²) in [4.78, 5) is 40.6. The number of carbonyl (C=O) groups is 3. The van der Waals surface area contributed by atoms with Crippen molar-refractivity contribution in [2.24, 2.45) is 4.99 Å². The van der Waals surface area contributed by atoms with Gasteiger partial charge in [-0.25, -0.2) is 13.6 Å². The van der Waals surface area contributed by atoms with Gasteiger partial charge in [0.05, 0.1) is 19.1 Å². The van der Waals surface area contributed by atoms with Crippen molar-refractivity contribution in [3.8, 4) is 0 Å². The number of benzene rings is 2. The molecular weight excluding hydrogens is 609 g/mol. The van der Waals surface area contributed by atoms with Gasteiger partial charge in [-0.15, -0.1) is 0 Å². The minimum atomic E-state index is -2.75. The third-order valence-corrected chi connectivity index (χ3v) is 6.54. The fourth-order valence-corrected chi connectivity index (χ4v) is 4.41. The predicted octanol–water partition coefficient (Wildman–Crippen LogP) is -2.06. The number of carbonyl (C=O) groups excluding carboxylic acids is 2. The molecule has 1 aliphatic rings. The number of aliphatic imine (C=N–C) groups is 1. The quantitative estimate of drug-likeness (QED) is 0.0925. The number of aliphatic hydroxyl groups excluding tert-OH is 2. The predicted molar refractivity (Wildman–Crippen MR) is 139 cm³/mol. The number of aliphatic hydroxyl groups is 2. The maximum atomic E-state index is 14.3. The molecule has 12 nitrogen and oxygen atoms in total. The van der Waals surface area contributed by atoms with Crippen LogP contribution in [-0.4, -0.2) is 81.9 Å². The van der Waals surface area contributed by atoms with E-state index in [0.29, 0.717) is 5.02 Å². The Morgan fingerprint density at radius 3 is 2.42 bits per heavy atom. The van der Waals surface area contributed by atoms with Crippen LogP contribution in [0.1, 0.15) is 36.2 Å². The number of halogens is 3. The van der Waals surface area contributed by atoms with E-state index in [1.54, 1.807) is 0 Å². The molecule has 0 aliphatic carbocycles. The Hall–Kier alpha value is -2.69. The summed E-state index contributed by atoms with van der Waals surface area (Å²) in [6.07, 6.45) is -8.09. The van der Waals surface area contributed by atoms with Crippen LogP contribution in [0.5, 0.6) is 0 Å². The number of carboxylic acids is 1. The van der Waals surface area contributed by atoms with Gasteiger partial charge in [0.2, 0.25) is 0 Å². The third-order valence-electron chi connectivity index (χ3n) is 6.29. The van der Waals surface area contributed by atoms with E-state index in [-0.39, 0.29) is 40.7 Å². The molecule has 228 valence electrons. The van der Waals surface area contributed by atoms with E-state index >= 15 is 0 Å². The molecule has 4 N–H and O–H groups in total. The normalized spacial score (nSPS) is 23.4. The van der Waals surface area contributed by atoms with E-state index in [1.165, 1.54) is 24.3 Å². The number of rotatable bonds is 11. The number of nitrogens with one attached hydrogen (secondary N) is 1. The molecule has 0 saturated carbocycles. The Bertz CT molecular complexity index is 1330. The summed E-state index contributed by atoms with van der Waals surface area (Å²) < 4.78 is 44.2. The van der Waals surface area contributed by atoms with Gasteiger partial charge in [0.25, 0.3) is 11.7 Å². The topological polar surface area (TPSA) is 187 Å². The Morgan fingerprint density at radius 2 is 1.84 bits per heavy atom. The summed E-state index contributed by atoms with van der Waals surface area (Å²) in [6.45, 7) is 0.625. The average molecular weight is 637 g/mol. The van der Waals surface area contributed by atoms with Gasteiger partial charge in [-0.3, -0.25) is 14.6 Å². The monoisotopic (exact) mass is 636 g/mol. The molecule has 1 amide bonds. The molecule has 0 aromatic heterocycles. The number of hydrogen-bond donors (Lipinski definition) is 4. The molecule has 6 atom stereocenters. The first-order chi connectivity index (χ1) is 19.7. The Morgan fingerprint density at radius 1 is 1.19 bits per heavy atom. The maximum absolute atomic E-state index is 14.3. The molecule has 0 unspecified atom stereocenters. The van der Waals surface area contributed by atoms with Gasteiger partial charge in [0, 0.05) is 29.6 Å². The number of esters is 1. The van der Waals surface area contributed by atoms with Gasteiger partial charge >= 0.3 is 41.5 Å². The Kier molecular flexibility index (Phi) is 13.5. The molecule has 3 rings (SSSR count). The summed E-state index contributed by atoms with van der Waals surface area (Å²) in [5.41, 5.74) is -0.196. The van der Waals surface area contributed by atoms with Crippen LogP contribution in [0.25, 0.3) is 0 Å². The summed E-state index contributed by atoms with van der Waals surface area (Å²) >= 11 is 5.81. The van der Waals surface area contributed by atoms with Crippen LogP contribution in [0.2, 0.25) is 5.02 Å². The van der Waals surface area contributed by atoms with Crippen LogP contribution < -0.4 is 40.0 Å². The van der Waals surface area contributed by atoms with Gasteiger partial charge in [-0.05, 0) is 43.2 Å². The summed E-state index contributed by atoms with van der Waals surface area (Å²) in [6, 6.07) is 7.35. The van der Waals surface area contributed by atoms with E-state index in [0.717, 1.165) is 32.0 Å². The van der Waals surface area contributed by atoms with E-state index in [4.69, 9.17) is 25.8 Å². The molecule has 0 bridgehead atoms. The van der Waals surface area contributed by atoms with Crippen LogP contribution >= 0.6 is 11.6 Å². The van der Waals surface area contributed by atoms with E-state index in [2.05, 4.69) is 10.3 Å². The molecule has 0 spiro atoms. The number of hydrogen-bond acceptors (Lipinski definition) is 10. The number of aliphatic carboxylic acids is 1. The Labute approximate surface area is 271 Å². The minimum Gasteiger partial charge on any atom is -0.862 e. The summed E-state index contributed by atoms with van der Waals surface area (Å²) in [5.74, 6) is -9.46. The smallest absolute Gasteiger partial charge is 0.862 e. The molecule has 16 heteroatoms. The first-order valence-electron chi connectivity index (χ1n) is 12.5. The molecule has 1 heterocycles. The van der Waals surface area contributed by atoms with Crippen LogP contribution in [0, 0.1) is 11.6 Å². The van der Waals surface area contributed by atoms with Crippen molar-refractivity contribution in [1.82, 2.24) is 5.32 Å². The first-order valence-corrected chi connectivity index (χ1v) is 12.9. The number of ether oxygens (including phenoxy) is 3. The molecule has 1 saturated heterocycles. The van der Waals surface area contributed by atoms with Crippen molar-refractivity contribution < 1.29 is 87.4 Å². The van der Waals surface area contributed by atoms with Crippen molar-refractivity contribution in [3.05, 3.63) is 70.2 Å². The van der Waals surface area contributed by atoms with Crippen molar-refractivity contribution in [2.45, 2.75) is 63.1 Å². The number of amides is 1. The SMILES string of the molecule is CC(=O)O[C@H]1C[C@](OCc2cccc(F)c2F)(C(=O)O)O[C@@H]([C@H](O)[C@H](O)CNC(=O)c2ccc(Cl)cc2)[C@@H]1N=C(C)[O-].[Na+]. The maximum Gasteiger partial charge on any atom is 1.00 e. The summed E-state index contributed by atoms with van der Waals surface area (Å²) in [7, 11) is 0. The standard InChI is InChI=1S/C27H29ClF2N2O10.Na/c1-13(33)32-22-20(41-14(2)34)10-27(26(38)39,40-12-16-4-3-5-18(29)21(16)30)42-24(22)23(36)19(35)11-31-25(37)15-6-8-17(28)9-7-15;/h3-9,19-20,22-24,35-36H,10-12H2,1-2H3,(H,31,37)(H,32,33)(H,38,39);/q;+1/p-1/t19-,20+,22-,23-,24-,27-;/m1./s1. The van der Waals surface area contributed by atoms with Gasteiger partial charge < -0.3 is 40.0 Å². The van der Waals surface area contributed by atoms with Gasteiger partial charge in [0.1, 0.15) is 24.4 Å². The zero-order chi connectivity index (χ0) is 31.2. The number of carboxylic acid groups (broad SMARTS) is 1. The van der Waals surface area contributed by atoms with Crippen LogP contribution in [0.3, 0.4) is 0 Å². The van der Waals surface area contributed by atoms with Crippen molar-refractivity contribution in [1.29, 1.82) is 0 Å². The van der Waals surface area contributed by atoms with Crippen molar-refractivity contribution in [2.75, 3.05) is 6.54 Å². The zero-order valence-electron chi connectivity index (χ0n) is 23.3. The van der Waals surface area contributed by atoms with Gasteiger partial charge in [-0.2, -0.15) is 0 Å². The molecule has 0 radical (unpaired) electrons. The fraction of sp³-hybridized carbons (Fsp3) is 0.407. The second kappa shape index (κ2) is 15.9. The van der Waals surface area contributed by atoms with Gasteiger partial charge in [-0.1, -0.05) is 23.7 Å². The van der Waals surface area contributed by atoms with Crippen molar-refractivity contribution in [3.63, 3.8) is 0 Å². The van der Waals surface area contributed by atoms with Crippen LogP contribution in [0.4, 0.5) is 8.78 Å². The van der Waals surface area contributed by atoms with Crippen LogP contribution in [-0.2, 0) is 30.4 Å². The molecule has 1 fully saturated rings. The third kappa shape index (κ3) is 9.40. The minimum absolute atomic E-state index is 0. The van der Waals surface area contributed by atoms with E-state index in [9.17, 15) is 43.6 Å². The van der Waals surface area contributed by atoms with Crippen LogP contribution in [0.15, 0.2) is 47.5 Å². The molecule has 2 aromatic rings. The number of nitrogens with zero attached hydrogens (tertiary/aromatic N) is 1. The average Bonchev–Trinajstić information content (AvgIpc) is 2.92. The summed E-state index contributed by atoms with van der Waals surface area (Å²) in [5, 5.41) is 46.6. The zero-order valence-corrected chi connectivity index (χ0v) is 26.1. The molecule has 43 heavy (non-hydrogen) atoms. The van der Waals surface area contributed by atoms with E-state index in [1.807, 2.05) is 0 Å². The molecule has 1 aliphatic heterocycles. The first kappa shape index (κ1) is 36.5. The van der Waals surface area contributed by atoms with Crippen molar-refractivity contribution >= 4 is 35.3 Å². The second-order valence-corrected chi connectivity index (χ2v) is 9.84. The van der Waals surface area contributed by atoms with E-state index < -0.39 is 91.2 Å². The largest absolute Gasteiger partial charge is 1.00 e. The van der Waals surface area contributed by atoms with Gasteiger partial charge in [0.15, 0.2) is 11.6 Å². The molecular formula is C27H28ClF2N2NaO10. The Balaban J connectivity index is 0.00000645. The second-order valence-electron chi connectivity index (χ2n) is 9.41.